The molecule has 0 heterocycles. The fourth-order valence-electron chi connectivity index (χ4n) is 3.53. The van der Waals surface area contributed by atoms with Crippen LogP contribution in [0.5, 0.6) is 0 Å². The van der Waals surface area contributed by atoms with Crippen LogP contribution < -0.4 is 9.62 Å². The third kappa shape index (κ3) is 7.74. The van der Waals surface area contributed by atoms with Crippen LogP contribution in [0.25, 0.3) is 0 Å². The number of carbonyl (C=O) groups is 2. The van der Waals surface area contributed by atoms with Crippen molar-refractivity contribution in [3.8, 4) is 0 Å². The molecule has 0 fully saturated rings. The van der Waals surface area contributed by atoms with E-state index in [2.05, 4.69) is 5.32 Å². The van der Waals surface area contributed by atoms with Gasteiger partial charge < -0.3 is 10.2 Å². The van der Waals surface area contributed by atoms with E-state index in [9.17, 15) is 18.0 Å². The molecule has 0 saturated heterocycles. The van der Waals surface area contributed by atoms with Crippen LogP contribution in [0.4, 0.5) is 5.69 Å². The Morgan fingerprint density at radius 3 is 2.21 bits per heavy atom. The normalized spacial score (nSPS) is 12.3. The highest BCUT2D eigenvalue weighted by Gasteiger charge is 2.32. The van der Waals surface area contributed by atoms with E-state index >= 15 is 0 Å². The minimum atomic E-state index is -3.77. The van der Waals surface area contributed by atoms with E-state index in [4.69, 9.17) is 11.6 Å². The molecule has 0 aliphatic heterocycles. The van der Waals surface area contributed by atoms with Crippen LogP contribution in [-0.4, -0.2) is 50.5 Å². The zero-order valence-corrected chi connectivity index (χ0v) is 22.0. The zero-order valence-electron chi connectivity index (χ0n) is 20.4. The summed E-state index contributed by atoms with van der Waals surface area (Å²) in [4.78, 5) is 28.1. The molecule has 9 heteroatoms. The van der Waals surface area contributed by atoms with Crippen LogP contribution in [0.3, 0.4) is 0 Å². The fraction of sp³-hybridized carbons (Fsp3) is 0.440. The van der Waals surface area contributed by atoms with Crippen LogP contribution in [0.2, 0.25) is 5.02 Å². The number of nitrogens with one attached hydrogen (secondary N) is 1. The second-order valence-corrected chi connectivity index (χ2v) is 11.1. The number of benzene rings is 2. The summed E-state index contributed by atoms with van der Waals surface area (Å²) < 4.78 is 26.2. The van der Waals surface area contributed by atoms with Crippen LogP contribution in [-0.2, 0) is 26.2 Å². The molecule has 0 aliphatic carbocycles. The average Bonchev–Trinajstić information content (AvgIpc) is 2.77. The molecule has 186 valence electrons. The first-order chi connectivity index (χ1) is 15.9. The molecule has 0 radical (unpaired) electrons. The van der Waals surface area contributed by atoms with Crippen molar-refractivity contribution in [1.82, 2.24) is 10.2 Å². The molecule has 0 saturated carbocycles. The number of hydrogen-bond donors (Lipinski definition) is 1. The lowest BCUT2D eigenvalue weighted by molar-refractivity contribution is -0.140. The summed E-state index contributed by atoms with van der Waals surface area (Å²) in [6.07, 6.45) is 1.44. The topological polar surface area (TPSA) is 86.8 Å². The Labute approximate surface area is 208 Å². The lowest BCUT2D eigenvalue weighted by Crippen LogP contribution is -2.52. The van der Waals surface area contributed by atoms with Crippen molar-refractivity contribution >= 4 is 39.1 Å². The number of amides is 2. The van der Waals surface area contributed by atoms with E-state index < -0.39 is 28.5 Å². The van der Waals surface area contributed by atoms with Crippen molar-refractivity contribution < 1.29 is 18.0 Å². The predicted octanol–water partition coefficient (Wildman–Crippen LogP) is 3.99. The lowest BCUT2D eigenvalue weighted by atomic mass is 10.1. The van der Waals surface area contributed by atoms with Gasteiger partial charge in [-0.25, -0.2) is 8.42 Å². The van der Waals surface area contributed by atoms with Crippen molar-refractivity contribution in [1.29, 1.82) is 0 Å². The number of rotatable bonds is 11. The zero-order chi connectivity index (χ0) is 25.5. The molecular weight excluding hydrogens is 474 g/mol. The van der Waals surface area contributed by atoms with Gasteiger partial charge in [0.1, 0.15) is 12.6 Å². The SMILES string of the molecule is CCC(C(=O)NCC(C)C)N(Cc1ccccc1C)C(=O)CN(c1ccc(Cl)cc1)S(C)(=O)=O. The van der Waals surface area contributed by atoms with Crippen LogP contribution in [0.15, 0.2) is 48.5 Å². The number of anilines is 1. The second-order valence-electron chi connectivity index (χ2n) is 8.76. The van der Waals surface area contributed by atoms with E-state index in [1.807, 2.05) is 52.0 Å². The highest BCUT2D eigenvalue weighted by molar-refractivity contribution is 7.92. The monoisotopic (exact) mass is 507 g/mol. The van der Waals surface area contributed by atoms with E-state index in [0.29, 0.717) is 23.7 Å². The maximum Gasteiger partial charge on any atom is 0.244 e. The number of aryl methyl sites for hydroxylation is 1. The van der Waals surface area contributed by atoms with Gasteiger partial charge in [0.25, 0.3) is 0 Å². The van der Waals surface area contributed by atoms with Crippen molar-refractivity contribution in [3.63, 3.8) is 0 Å². The molecule has 0 spiro atoms. The van der Waals surface area contributed by atoms with Crippen molar-refractivity contribution in [2.45, 2.75) is 46.7 Å². The number of sulfonamides is 1. The van der Waals surface area contributed by atoms with Crippen LogP contribution in [0.1, 0.15) is 38.3 Å². The van der Waals surface area contributed by atoms with Crippen LogP contribution in [0, 0.1) is 12.8 Å². The summed E-state index contributed by atoms with van der Waals surface area (Å²) >= 11 is 5.95. The highest BCUT2D eigenvalue weighted by Crippen LogP contribution is 2.22. The van der Waals surface area contributed by atoms with Gasteiger partial charge in [0.15, 0.2) is 0 Å². The van der Waals surface area contributed by atoms with E-state index in [-0.39, 0.29) is 18.4 Å². The van der Waals surface area contributed by atoms with E-state index in [1.54, 1.807) is 24.3 Å². The Hall–Kier alpha value is -2.58. The standard InChI is InChI=1S/C25H34ClN3O4S/c1-6-23(25(31)27-15-18(2)3)28(16-20-10-8-7-9-19(20)4)24(30)17-29(34(5,32)33)22-13-11-21(26)12-14-22/h7-14,18,23H,6,15-17H2,1-5H3,(H,27,31). The molecule has 2 aromatic carbocycles. The van der Waals surface area contributed by atoms with E-state index in [1.165, 1.54) is 4.90 Å². The fourth-order valence-corrected chi connectivity index (χ4v) is 4.51. The molecule has 34 heavy (non-hydrogen) atoms. The molecule has 0 bridgehead atoms. The molecular formula is C25H34ClN3O4S. The molecule has 0 aliphatic rings. The Bertz CT molecular complexity index is 1090. The Morgan fingerprint density at radius 2 is 1.68 bits per heavy atom. The molecule has 2 aromatic rings. The first-order valence-electron chi connectivity index (χ1n) is 11.3. The Morgan fingerprint density at radius 1 is 1.06 bits per heavy atom. The molecule has 7 nitrogen and oxygen atoms in total. The first kappa shape index (κ1) is 27.7. The van der Waals surface area contributed by atoms with Gasteiger partial charge >= 0.3 is 0 Å². The van der Waals surface area contributed by atoms with Crippen molar-refractivity contribution in [2.75, 3.05) is 23.7 Å². The summed E-state index contributed by atoms with van der Waals surface area (Å²) in [5.41, 5.74) is 2.20. The minimum absolute atomic E-state index is 0.192. The van der Waals surface area contributed by atoms with Gasteiger partial charge in [-0.15, -0.1) is 0 Å². The molecule has 0 aromatic heterocycles. The summed E-state index contributed by atoms with van der Waals surface area (Å²) in [5.74, 6) is -0.460. The lowest BCUT2D eigenvalue weighted by Gasteiger charge is -2.33. The summed E-state index contributed by atoms with van der Waals surface area (Å²) in [5, 5.41) is 3.37. The largest absolute Gasteiger partial charge is 0.354 e. The number of carbonyl (C=O) groups excluding carboxylic acids is 2. The Balaban J connectivity index is 2.42. The van der Waals surface area contributed by atoms with Crippen molar-refractivity contribution in [3.05, 3.63) is 64.7 Å². The van der Waals surface area contributed by atoms with Gasteiger partial charge in [0, 0.05) is 18.1 Å². The summed E-state index contributed by atoms with van der Waals surface area (Å²) in [7, 11) is -3.77. The maximum atomic E-state index is 13.6. The highest BCUT2D eigenvalue weighted by atomic mass is 35.5. The number of halogens is 1. The average molecular weight is 508 g/mol. The van der Waals surface area contributed by atoms with Gasteiger partial charge in [0.2, 0.25) is 21.8 Å². The number of nitrogens with zero attached hydrogens (tertiary/aromatic N) is 2. The second kappa shape index (κ2) is 12.2. The molecule has 1 unspecified atom stereocenters. The number of hydrogen-bond acceptors (Lipinski definition) is 4. The van der Waals surface area contributed by atoms with E-state index in [0.717, 1.165) is 21.7 Å². The van der Waals surface area contributed by atoms with Crippen molar-refractivity contribution in [2.24, 2.45) is 5.92 Å². The molecule has 2 amide bonds. The van der Waals surface area contributed by atoms with Gasteiger partial charge in [-0.05, 0) is 54.7 Å². The van der Waals surface area contributed by atoms with Gasteiger partial charge in [-0.1, -0.05) is 56.6 Å². The summed E-state index contributed by atoms with van der Waals surface area (Å²) in [6.45, 7) is 8.01. The third-order valence-electron chi connectivity index (χ3n) is 5.47. The quantitative estimate of drug-likeness (QED) is 0.498. The molecule has 2 rings (SSSR count). The maximum absolute atomic E-state index is 13.6. The Kier molecular flexibility index (Phi) is 9.94. The van der Waals surface area contributed by atoms with Gasteiger partial charge in [-0.3, -0.25) is 13.9 Å². The molecule has 1 N–H and O–H groups in total. The van der Waals surface area contributed by atoms with Gasteiger partial charge in [0.05, 0.1) is 11.9 Å². The smallest absolute Gasteiger partial charge is 0.244 e. The first-order valence-corrected chi connectivity index (χ1v) is 13.5. The van der Waals surface area contributed by atoms with Gasteiger partial charge in [-0.2, -0.15) is 0 Å². The van der Waals surface area contributed by atoms with Crippen LogP contribution >= 0.6 is 11.6 Å². The molecule has 1 atom stereocenters. The minimum Gasteiger partial charge on any atom is -0.354 e. The predicted molar refractivity (Wildman–Crippen MR) is 137 cm³/mol. The summed E-state index contributed by atoms with van der Waals surface area (Å²) in [6, 6.07) is 13.1. The third-order valence-corrected chi connectivity index (χ3v) is 6.86.